The Balaban J connectivity index is 1.93. The van der Waals surface area contributed by atoms with E-state index in [1.54, 1.807) is 0 Å². The lowest BCUT2D eigenvalue weighted by Gasteiger charge is -2.18. The van der Waals surface area contributed by atoms with Crippen LogP contribution in [0.25, 0.3) is 11.6 Å². The SMILES string of the molecule is CN(C)c1ccc(/C=C2\CCCc3cnccc32)cc1. The Labute approximate surface area is 120 Å². The number of nitrogens with zero attached hydrogens (tertiary/aromatic N) is 2. The molecule has 0 saturated heterocycles. The van der Waals surface area contributed by atoms with Crippen molar-refractivity contribution in [2.24, 2.45) is 0 Å². The molecule has 102 valence electrons. The zero-order valence-corrected chi connectivity index (χ0v) is 12.1. The molecule has 2 aromatic rings. The fraction of sp³-hybridized carbons (Fsp3) is 0.278. The van der Waals surface area contributed by atoms with Crippen molar-refractivity contribution in [3.8, 4) is 0 Å². The molecule has 3 rings (SSSR count). The molecule has 1 aliphatic rings. The van der Waals surface area contributed by atoms with Crippen LogP contribution in [0.2, 0.25) is 0 Å². The average molecular weight is 264 g/mol. The molecular formula is C18H20N2. The van der Waals surface area contributed by atoms with E-state index < -0.39 is 0 Å². The number of aryl methyl sites for hydroxylation is 1. The Morgan fingerprint density at radius 2 is 1.85 bits per heavy atom. The molecule has 1 aliphatic carbocycles. The fourth-order valence-corrected chi connectivity index (χ4v) is 2.76. The summed E-state index contributed by atoms with van der Waals surface area (Å²) in [5.41, 5.74) is 6.71. The van der Waals surface area contributed by atoms with E-state index in [0.717, 1.165) is 12.8 Å². The summed E-state index contributed by atoms with van der Waals surface area (Å²) in [7, 11) is 4.13. The fourth-order valence-electron chi connectivity index (χ4n) is 2.76. The Morgan fingerprint density at radius 3 is 2.60 bits per heavy atom. The molecule has 1 aromatic carbocycles. The lowest BCUT2D eigenvalue weighted by molar-refractivity contribution is 0.818. The number of rotatable bonds is 2. The molecule has 0 amide bonds. The van der Waals surface area contributed by atoms with Crippen LogP contribution >= 0.6 is 0 Å². The maximum atomic E-state index is 4.24. The van der Waals surface area contributed by atoms with Crippen molar-refractivity contribution >= 4 is 17.3 Å². The Hall–Kier alpha value is -2.09. The quantitative estimate of drug-likeness (QED) is 0.814. The molecule has 2 heteroatoms. The van der Waals surface area contributed by atoms with Crippen LogP contribution in [0.1, 0.15) is 29.5 Å². The maximum absolute atomic E-state index is 4.24. The second-order valence-electron chi connectivity index (χ2n) is 5.54. The topological polar surface area (TPSA) is 16.1 Å². The molecule has 0 aliphatic heterocycles. The van der Waals surface area contributed by atoms with Crippen LogP contribution in [0.5, 0.6) is 0 Å². The zero-order valence-electron chi connectivity index (χ0n) is 12.1. The van der Waals surface area contributed by atoms with Gasteiger partial charge in [0.1, 0.15) is 0 Å². The smallest absolute Gasteiger partial charge is 0.0361 e. The summed E-state index contributed by atoms with van der Waals surface area (Å²) in [5, 5.41) is 0. The number of anilines is 1. The van der Waals surface area contributed by atoms with Crippen molar-refractivity contribution in [1.82, 2.24) is 4.98 Å². The second kappa shape index (κ2) is 5.49. The van der Waals surface area contributed by atoms with Crippen molar-refractivity contribution in [2.45, 2.75) is 19.3 Å². The molecule has 0 N–H and O–H groups in total. The molecule has 0 saturated carbocycles. The molecule has 20 heavy (non-hydrogen) atoms. The molecule has 0 bridgehead atoms. The van der Waals surface area contributed by atoms with Gasteiger partial charge in [-0.15, -0.1) is 0 Å². The van der Waals surface area contributed by atoms with Crippen LogP contribution in [0.4, 0.5) is 5.69 Å². The van der Waals surface area contributed by atoms with Crippen LogP contribution in [0.15, 0.2) is 42.7 Å². The highest BCUT2D eigenvalue weighted by Gasteiger charge is 2.13. The summed E-state index contributed by atoms with van der Waals surface area (Å²) in [6.45, 7) is 0. The number of benzene rings is 1. The van der Waals surface area contributed by atoms with Gasteiger partial charge in [-0.3, -0.25) is 4.98 Å². The summed E-state index contributed by atoms with van der Waals surface area (Å²) >= 11 is 0. The summed E-state index contributed by atoms with van der Waals surface area (Å²) in [6, 6.07) is 10.9. The first kappa shape index (κ1) is 12.9. The molecule has 0 spiro atoms. The van der Waals surface area contributed by atoms with Gasteiger partial charge in [-0.25, -0.2) is 0 Å². The largest absolute Gasteiger partial charge is 0.378 e. The van der Waals surface area contributed by atoms with Gasteiger partial charge in [0.15, 0.2) is 0 Å². The molecule has 2 nitrogen and oxygen atoms in total. The summed E-state index contributed by atoms with van der Waals surface area (Å²) in [5.74, 6) is 0. The van der Waals surface area contributed by atoms with Crippen LogP contribution in [0.3, 0.4) is 0 Å². The van der Waals surface area contributed by atoms with Gasteiger partial charge in [0.25, 0.3) is 0 Å². The molecule has 0 unspecified atom stereocenters. The van der Waals surface area contributed by atoms with Gasteiger partial charge in [-0.2, -0.15) is 0 Å². The van der Waals surface area contributed by atoms with Crippen LogP contribution in [0, 0.1) is 0 Å². The van der Waals surface area contributed by atoms with Crippen molar-refractivity contribution in [2.75, 3.05) is 19.0 Å². The summed E-state index contributed by atoms with van der Waals surface area (Å²) in [4.78, 5) is 6.36. The van der Waals surface area contributed by atoms with Gasteiger partial charge in [0, 0.05) is 32.2 Å². The lowest BCUT2D eigenvalue weighted by atomic mass is 9.88. The number of aromatic nitrogens is 1. The van der Waals surface area contributed by atoms with Gasteiger partial charge in [0.05, 0.1) is 0 Å². The van der Waals surface area contributed by atoms with Crippen molar-refractivity contribution in [3.05, 3.63) is 59.4 Å². The van der Waals surface area contributed by atoms with Gasteiger partial charge >= 0.3 is 0 Å². The second-order valence-corrected chi connectivity index (χ2v) is 5.54. The van der Waals surface area contributed by atoms with E-state index in [-0.39, 0.29) is 0 Å². The Morgan fingerprint density at radius 1 is 1.05 bits per heavy atom. The number of allylic oxidation sites excluding steroid dienone is 1. The predicted octanol–water partition coefficient (Wildman–Crippen LogP) is 4.02. The van der Waals surface area contributed by atoms with Crippen LogP contribution in [-0.4, -0.2) is 19.1 Å². The molecular weight excluding hydrogens is 244 g/mol. The normalized spacial score (nSPS) is 16.0. The average Bonchev–Trinajstić information content (AvgIpc) is 2.48. The minimum absolute atomic E-state index is 1.15. The first-order valence-corrected chi connectivity index (χ1v) is 7.15. The third-order valence-electron chi connectivity index (χ3n) is 3.89. The van der Waals surface area contributed by atoms with E-state index in [1.807, 2.05) is 12.4 Å². The lowest BCUT2D eigenvalue weighted by Crippen LogP contribution is -2.08. The highest BCUT2D eigenvalue weighted by Crippen LogP contribution is 2.31. The Bertz CT molecular complexity index is 624. The van der Waals surface area contributed by atoms with Gasteiger partial charge in [-0.1, -0.05) is 18.2 Å². The molecule has 1 aromatic heterocycles. The highest BCUT2D eigenvalue weighted by atomic mass is 15.1. The minimum Gasteiger partial charge on any atom is -0.378 e. The number of fused-ring (bicyclic) bond motifs is 1. The third-order valence-corrected chi connectivity index (χ3v) is 3.89. The number of pyridine rings is 1. The summed E-state index contributed by atoms with van der Waals surface area (Å²) in [6.07, 6.45) is 9.76. The summed E-state index contributed by atoms with van der Waals surface area (Å²) < 4.78 is 0. The standard InChI is InChI=1S/C18H20N2/c1-20(2)17-8-6-14(7-9-17)12-15-4-3-5-16-13-19-11-10-18(15)16/h6-13H,3-5H2,1-2H3/b15-12+. The maximum Gasteiger partial charge on any atom is 0.0361 e. The Kier molecular flexibility index (Phi) is 3.55. The van der Waals surface area contributed by atoms with Gasteiger partial charge in [-0.05, 0) is 59.7 Å². The monoisotopic (exact) mass is 264 g/mol. The minimum atomic E-state index is 1.15. The van der Waals surface area contributed by atoms with Crippen molar-refractivity contribution in [1.29, 1.82) is 0 Å². The first-order valence-electron chi connectivity index (χ1n) is 7.15. The van der Waals surface area contributed by atoms with E-state index in [2.05, 4.69) is 60.4 Å². The zero-order chi connectivity index (χ0) is 13.9. The van der Waals surface area contributed by atoms with Gasteiger partial charge in [0.2, 0.25) is 0 Å². The predicted molar refractivity (Wildman–Crippen MR) is 85.8 cm³/mol. The van der Waals surface area contributed by atoms with Crippen LogP contribution in [-0.2, 0) is 6.42 Å². The first-order chi connectivity index (χ1) is 9.74. The number of hydrogen-bond donors (Lipinski definition) is 0. The van der Waals surface area contributed by atoms with E-state index in [0.29, 0.717) is 0 Å². The van der Waals surface area contributed by atoms with E-state index >= 15 is 0 Å². The molecule has 1 heterocycles. The highest BCUT2D eigenvalue weighted by molar-refractivity contribution is 5.83. The third kappa shape index (κ3) is 2.60. The van der Waals surface area contributed by atoms with Crippen molar-refractivity contribution < 1.29 is 0 Å². The molecule has 0 fully saturated rings. The van der Waals surface area contributed by atoms with Crippen molar-refractivity contribution in [3.63, 3.8) is 0 Å². The molecule has 0 radical (unpaired) electrons. The van der Waals surface area contributed by atoms with E-state index in [1.165, 1.54) is 34.4 Å². The van der Waals surface area contributed by atoms with E-state index in [9.17, 15) is 0 Å². The number of hydrogen-bond acceptors (Lipinski definition) is 2. The molecule has 0 atom stereocenters. The van der Waals surface area contributed by atoms with Crippen LogP contribution < -0.4 is 4.90 Å². The van der Waals surface area contributed by atoms with Gasteiger partial charge < -0.3 is 4.90 Å². The van der Waals surface area contributed by atoms with E-state index in [4.69, 9.17) is 0 Å².